The SMILES string of the molecule is CN(CC(=O)c1cccc(Br)c1)Cc1ccco1. The number of halogens is 1. The molecule has 0 saturated carbocycles. The van der Waals surface area contributed by atoms with E-state index in [1.54, 1.807) is 6.26 Å². The minimum absolute atomic E-state index is 0.102. The van der Waals surface area contributed by atoms with E-state index >= 15 is 0 Å². The Morgan fingerprint density at radius 1 is 1.33 bits per heavy atom. The van der Waals surface area contributed by atoms with Crippen LogP contribution in [0.1, 0.15) is 16.1 Å². The second-order valence-corrected chi connectivity index (χ2v) is 5.10. The normalized spacial score (nSPS) is 10.8. The van der Waals surface area contributed by atoms with Crippen LogP contribution in [0.5, 0.6) is 0 Å². The fraction of sp³-hybridized carbons (Fsp3) is 0.214. The summed E-state index contributed by atoms with van der Waals surface area (Å²) in [6.45, 7) is 1.00. The molecule has 0 aliphatic carbocycles. The van der Waals surface area contributed by atoms with Crippen LogP contribution in [-0.4, -0.2) is 24.3 Å². The first-order valence-electron chi connectivity index (χ1n) is 5.65. The van der Waals surface area contributed by atoms with Crippen LogP contribution >= 0.6 is 15.9 Å². The third kappa shape index (κ3) is 3.55. The first-order valence-corrected chi connectivity index (χ1v) is 6.44. The minimum atomic E-state index is 0.102. The number of rotatable bonds is 5. The molecule has 0 radical (unpaired) electrons. The monoisotopic (exact) mass is 307 g/mol. The van der Waals surface area contributed by atoms with Crippen molar-refractivity contribution in [3.05, 3.63) is 58.5 Å². The van der Waals surface area contributed by atoms with Gasteiger partial charge in [-0.2, -0.15) is 0 Å². The van der Waals surface area contributed by atoms with E-state index < -0.39 is 0 Å². The summed E-state index contributed by atoms with van der Waals surface area (Å²) in [5.41, 5.74) is 0.718. The lowest BCUT2D eigenvalue weighted by atomic mass is 10.1. The summed E-state index contributed by atoms with van der Waals surface area (Å²) in [4.78, 5) is 14.0. The lowest BCUT2D eigenvalue weighted by Crippen LogP contribution is -2.25. The van der Waals surface area contributed by atoms with Gasteiger partial charge in [-0.3, -0.25) is 9.69 Å². The van der Waals surface area contributed by atoms with Crippen LogP contribution in [0.2, 0.25) is 0 Å². The van der Waals surface area contributed by atoms with Crippen molar-refractivity contribution in [2.45, 2.75) is 6.54 Å². The van der Waals surface area contributed by atoms with Gasteiger partial charge in [-0.15, -0.1) is 0 Å². The second kappa shape index (κ2) is 5.98. The van der Waals surface area contributed by atoms with Gasteiger partial charge in [0.25, 0.3) is 0 Å². The standard InChI is InChI=1S/C14H14BrNO2/c1-16(9-13-6-3-7-18-13)10-14(17)11-4-2-5-12(15)8-11/h2-8H,9-10H2,1H3. The zero-order chi connectivity index (χ0) is 13.0. The van der Waals surface area contributed by atoms with Crippen molar-refractivity contribution in [3.63, 3.8) is 0 Å². The van der Waals surface area contributed by atoms with Crippen molar-refractivity contribution in [1.82, 2.24) is 4.90 Å². The van der Waals surface area contributed by atoms with E-state index in [1.165, 1.54) is 0 Å². The maximum Gasteiger partial charge on any atom is 0.176 e. The highest BCUT2D eigenvalue weighted by molar-refractivity contribution is 9.10. The van der Waals surface area contributed by atoms with Gasteiger partial charge in [0.1, 0.15) is 5.76 Å². The third-order valence-electron chi connectivity index (χ3n) is 2.57. The lowest BCUT2D eigenvalue weighted by Gasteiger charge is -2.14. The van der Waals surface area contributed by atoms with Crippen molar-refractivity contribution in [1.29, 1.82) is 0 Å². The quantitative estimate of drug-likeness (QED) is 0.794. The van der Waals surface area contributed by atoms with E-state index in [0.717, 1.165) is 15.8 Å². The molecule has 0 unspecified atom stereocenters. The Kier molecular flexibility index (Phi) is 4.33. The van der Waals surface area contributed by atoms with E-state index in [0.29, 0.717) is 13.1 Å². The highest BCUT2D eigenvalue weighted by atomic mass is 79.9. The molecule has 2 aromatic rings. The number of furan rings is 1. The zero-order valence-corrected chi connectivity index (χ0v) is 11.7. The Morgan fingerprint density at radius 2 is 2.17 bits per heavy atom. The Morgan fingerprint density at radius 3 is 2.83 bits per heavy atom. The summed E-state index contributed by atoms with van der Waals surface area (Å²) in [6, 6.07) is 11.2. The topological polar surface area (TPSA) is 33.5 Å². The summed E-state index contributed by atoms with van der Waals surface area (Å²) < 4.78 is 6.17. The van der Waals surface area contributed by atoms with Crippen LogP contribution < -0.4 is 0 Å². The number of carbonyl (C=O) groups is 1. The molecule has 18 heavy (non-hydrogen) atoms. The van der Waals surface area contributed by atoms with E-state index in [1.807, 2.05) is 48.3 Å². The molecule has 1 heterocycles. The number of hydrogen-bond donors (Lipinski definition) is 0. The van der Waals surface area contributed by atoms with Gasteiger partial charge in [0.05, 0.1) is 19.4 Å². The second-order valence-electron chi connectivity index (χ2n) is 4.19. The number of nitrogens with zero attached hydrogens (tertiary/aromatic N) is 1. The van der Waals surface area contributed by atoms with E-state index in [-0.39, 0.29) is 5.78 Å². The molecule has 1 aromatic carbocycles. The number of benzene rings is 1. The van der Waals surface area contributed by atoms with Crippen molar-refractivity contribution >= 4 is 21.7 Å². The van der Waals surface area contributed by atoms with Gasteiger partial charge < -0.3 is 4.42 Å². The average Bonchev–Trinajstić information content (AvgIpc) is 2.81. The van der Waals surface area contributed by atoms with Gasteiger partial charge in [0.15, 0.2) is 5.78 Å². The predicted molar refractivity (Wildman–Crippen MR) is 73.5 cm³/mol. The molecule has 0 bridgehead atoms. The number of hydrogen-bond acceptors (Lipinski definition) is 3. The van der Waals surface area contributed by atoms with Crippen molar-refractivity contribution < 1.29 is 9.21 Å². The fourth-order valence-corrected chi connectivity index (χ4v) is 2.12. The van der Waals surface area contributed by atoms with Gasteiger partial charge in [0.2, 0.25) is 0 Å². The maximum absolute atomic E-state index is 12.0. The molecule has 94 valence electrons. The number of likely N-dealkylation sites (N-methyl/N-ethyl adjacent to an activating group) is 1. The molecule has 0 aliphatic rings. The summed E-state index contributed by atoms with van der Waals surface area (Å²) >= 11 is 3.36. The first kappa shape index (κ1) is 13.1. The van der Waals surface area contributed by atoms with Crippen molar-refractivity contribution in [3.8, 4) is 0 Å². The van der Waals surface area contributed by atoms with Gasteiger partial charge in [-0.1, -0.05) is 28.1 Å². The average molecular weight is 308 g/mol. The molecular weight excluding hydrogens is 294 g/mol. The molecule has 0 saturated heterocycles. The number of carbonyl (C=O) groups excluding carboxylic acids is 1. The molecule has 4 heteroatoms. The molecule has 0 spiro atoms. The van der Waals surface area contributed by atoms with Crippen molar-refractivity contribution in [2.75, 3.05) is 13.6 Å². The molecule has 0 atom stereocenters. The molecule has 1 aromatic heterocycles. The van der Waals surface area contributed by atoms with Crippen LogP contribution in [0, 0.1) is 0 Å². The molecular formula is C14H14BrNO2. The maximum atomic E-state index is 12.0. The Hall–Kier alpha value is -1.39. The van der Waals surface area contributed by atoms with Gasteiger partial charge in [-0.05, 0) is 31.3 Å². The zero-order valence-electron chi connectivity index (χ0n) is 10.1. The molecule has 0 amide bonds. The number of Topliss-reactive ketones (excluding diaryl/α,β-unsaturated/α-hetero) is 1. The Bertz CT molecular complexity index is 522. The Labute approximate surface area is 115 Å². The summed E-state index contributed by atoms with van der Waals surface area (Å²) in [6.07, 6.45) is 1.64. The number of ketones is 1. The van der Waals surface area contributed by atoms with Crippen LogP contribution in [0.4, 0.5) is 0 Å². The largest absolute Gasteiger partial charge is 0.468 e. The molecule has 2 rings (SSSR count). The highest BCUT2D eigenvalue weighted by Crippen LogP contribution is 2.13. The Balaban J connectivity index is 1.95. The minimum Gasteiger partial charge on any atom is -0.468 e. The third-order valence-corrected chi connectivity index (χ3v) is 3.06. The van der Waals surface area contributed by atoms with Gasteiger partial charge in [0, 0.05) is 10.0 Å². The summed E-state index contributed by atoms with van der Waals surface area (Å²) in [5.74, 6) is 0.963. The first-order chi connectivity index (χ1) is 8.65. The van der Waals surface area contributed by atoms with Gasteiger partial charge >= 0.3 is 0 Å². The summed E-state index contributed by atoms with van der Waals surface area (Å²) in [5, 5.41) is 0. The molecule has 3 nitrogen and oxygen atoms in total. The van der Waals surface area contributed by atoms with Crippen LogP contribution in [0.3, 0.4) is 0 Å². The predicted octanol–water partition coefficient (Wildman–Crippen LogP) is 3.36. The van der Waals surface area contributed by atoms with E-state index in [2.05, 4.69) is 15.9 Å². The van der Waals surface area contributed by atoms with Gasteiger partial charge in [-0.25, -0.2) is 0 Å². The van der Waals surface area contributed by atoms with Crippen LogP contribution in [0.15, 0.2) is 51.6 Å². The lowest BCUT2D eigenvalue weighted by molar-refractivity contribution is 0.0939. The van der Waals surface area contributed by atoms with Crippen LogP contribution in [0.25, 0.3) is 0 Å². The van der Waals surface area contributed by atoms with Crippen molar-refractivity contribution in [2.24, 2.45) is 0 Å². The van der Waals surface area contributed by atoms with E-state index in [4.69, 9.17) is 4.42 Å². The van der Waals surface area contributed by atoms with E-state index in [9.17, 15) is 4.79 Å². The van der Waals surface area contributed by atoms with Crippen LogP contribution in [-0.2, 0) is 6.54 Å². The highest BCUT2D eigenvalue weighted by Gasteiger charge is 2.10. The molecule has 0 aliphatic heterocycles. The molecule has 0 N–H and O–H groups in total. The summed E-state index contributed by atoms with van der Waals surface area (Å²) in [7, 11) is 1.90. The molecule has 0 fully saturated rings. The fourth-order valence-electron chi connectivity index (χ4n) is 1.72. The smallest absolute Gasteiger partial charge is 0.176 e.